The highest BCUT2D eigenvalue weighted by Gasteiger charge is 2.27. The summed E-state index contributed by atoms with van der Waals surface area (Å²) in [6, 6.07) is 12.3. The highest BCUT2D eigenvalue weighted by atomic mass is 35.5. The number of hydrogen-bond acceptors (Lipinski definition) is 6. The Labute approximate surface area is 239 Å². The first-order chi connectivity index (χ1) is 20.3. The van der Waals surface area contributed by atoms with Gasteiger partial charge in [-0.3, -0.25) is 4.68 Å². The van der Waals surface area contributed by atoms with Crippen molar-refractivity contribution >= 4 is 11.6 Å². The van der Waals surface area contributed by atoms with Crippen molar-refractivity contribution in [2.24, 2.45) is 0 Å². The Morgan fingerprint density at radius 3 is 2.48 bits per heavy atom. The molecule has 4 aromatic heterocycles. The lowest BCUT2D eigenvalue weighted by Crippen LogP contribution is -2.36. The SMILES string of the molecule is [O-][n+]1cc(-c2c(-n3cnnn3)ccc(Cl)c2F)ccc1[C@H](Cc1ccc(F)cc1)n1cc(-c2ccnn2C(F)F)cn1. The molecule has 0 unspecified atom stereocenters. The first-order valence-electron chi connectivity index (χ1n) is 12.4. The predicted octanol–water partition coefficient (Wildman–Crippen LogP) is 5.18. The summed E-state index contributed by atoms with van der Waals surface area (Å²) in [5.74, 6) is -1.20. The molecule has 0 aliphatic heterocycles. The fraction of sp³-hybridized carbons (Fsp3) is 0.111. The smallest absolute Gasteiger partial charge is 0.333 e. The lowest BCUT2D eigenvalue weighted by molar-refractivity contribution is -0.615. The first-order valence-corrected chi connectivity index (χ1v) is 12.7. The Hall–Kier alpha value is -5.11. The number of benzene rings is 2. The van der Waals surface area contributed by atoms with Gasteiger partial charge in [0.25, 0.3) is 0 Å². The van der Waals surface area contributed by atoms with E-state index in [1.807, 2.05) is 0 Å². The molecule has 1 atom stereocenters. The summed E-state index contributed by atoms with van der Waals surface area (Å²) in [4.78, 5) is 0. The zero-order chi connectivity index (χ0) is 29.4. The second kappa shape index (κ2) is 11.0. The van der Waals surface area contributed by atoms with Gasteiger partial charge in [-0.25, -0.2) is 13.5 Å². The summed E-state index contributed by atoms with van der Waals surface area (Å²) in [6.07, 6.45) is 6.81. The van der Waals surface area contributed by atoms with Crippen LogP contribution < -0.4 is 4.73 Å². The number of pyridine rings is 1. The van der Waals surface area contributed by atoms with Gasteiger partial charge in [0.15, 0.2) is 12.0 Å². The predicted molar refractivity (Wildman–Crippen MR) is 141 cm³/mol. The molecule has 0 N–H and O–H groups in total. The summed E-state index contributed by atoms with van der Waals surface area (Å²) in [5, 5.41) is 32.4. The van der Waals surface area contributed by atoms with E-state index in [-0.39, 0.29) is 39.6 Å². The third kappa shape index (κ3) is 5.07. The van der Waals surface area contributed by atoms with E-state index in [1.54, 1.807) is 18.2 Å². The molecule has 212 valence electrons. The Kier molecular flexibility index (Phi) is 7.12. The van der Waals surface area contributed by atoms with Gasteiger partial charge in [-0.05, 0) is 52.4 Å². The van der Waals surface area contributed by atoms with Crippen LogP contribution in [0.3, 0.4) is 0 Å². The van der Waals surface area contributed by atoms with Gasteiger partial charge in [0, 0.05) is 30.4 Å². The molecule has 0 aliphatic rings. The van der Waals surface area contributed by atoms with Crippen molar-refractivity contribution in [2.45, 2.75) is 19.0 Å². The number of hydrogen-bond donors (Lipinski definition) is 0. The Balaban J connectivity index is 1.44. The molecule has 0 spiro atoms. The fourth-order valence-corrected chi connectivity index (χ4v) is 4.85. The molecule has 10 nitrogen and oxygen atoms in total. The summed E-state index contributed by atoms with van der Waals surface area (Å²) in [6.45, 7) is -2.87. The van der Waals surface area contributed by atoms with Crippen LogP contribution in [-0.4, -0.2) is 39.8 Å². The molecule has 15 heteroatoms. The van der Waals surface area contributed by atoms with Gasteiger partial charge < -0.3 is 5.21 Å². The fourth-order valence-electron chi connectivity index (χ4n) is 4.69. The molecular weight excluding hydrogens is 578 g/mol. The molecule has 4 heterocycles. The quantitative estimate of drug-likeness (QED) is 0.136. The van der Waals surface area contributed by atoms with E-state index in [0.29, 0.717) is 20.5 Å². The number of alkyl halides is 2. The maximum atomic E-state index is 15.3. The summed E-state index contributed by atoms with van der Waals surface area (Å²) < 4.78 is 59.6. The molecule has 6 aromatic rings. The van der Waals surface area contributed by atoms with Crippen molar-refractivity contribution in [1.82, 2.24) is 39.8 Å². The van der Waals surface area contributed by atoms with Gasteiger partial charge in [-0.15, -0.1) is 5.10 Å². The zero-order valence-electron chi connectivity index (χ0n) is 21.3. The van der Waals surface area contributed by atoms with E-state index in [2.05, 4.69) is 25.7 Å². The molecule has 0 saturated carbocycles. The monoisotopic (exact) mass is 595 g/mol. The number of nitrogens with zero attached hydrogens (tertiary/aromatic N) is 9. The highest BCUT2D eigenvalue weighted by molar-refractivity contribution is 6.31. The molecule has 0 bridgehead atoms. The highest BCUT2D eigenvalue weighted by Crippen LogP contribution is 2.34. The number of tetrazole rings is 1. The normalized spacial score (nSPS) is 12.2. The van der Waals surface area contributed by atoms with E-state index in [4.69, 9.17) is 11.6 Å². The largest absolute Gasteiger partial charge is 0.618 e. The van der Waals surface area contributed by atoms with Gasteiger partial charge in [0.1, 0.15) is 18.2 Å². The molecule has 0 radical (unpaired) electrons. The van der Waals surface area contributed by atoms with Crippen LogP contribution in [0.2, 0.25) is 5.02 Å². The van der Waals surface area contributed by atoms with Crippen molar-refractivity contribution in [1.29, 1.82) is 0 Å². The minimum Gasteiger partial charge on any atom is -0.618 e. The van der Waals surface area contributed by atoms with E-state index >= 15 is 4.39 Å². The van der Waals surface area contributed by atoms with Gasteiger partial charge in [0.05, 0.1) is 33.7 Å². The molecular formula is C27H18ClF4N9O. The van der Waals surface area contributed by atoms with Crippen molar-refractivity contribution in [3.8, 4) is 28.1 Å². The molecule has 0 aliphatic carbocycles. The average molecular weight is 596 g/mol. The third-order valence-electron chi connectivity index (χ3n) is 6.66. The minimum atomic E-state index is -2.87. The van der Waals surface area contributed by atoms with Crippen molar-refractivity contribution in [3.05, 3.63) is 119 Å². The van der Waals surface area contributed by atoms with E-state index in [9.17, 15) is 18.4 Å². The Morgan fingerprint density at radius 2 is 1.76 bits per heavy atom. The molecule has 0 saturated heterocycles. The van der Waals surface area contributed by atoms with E-state index in [0.717, 1.165) is 0 Å². The van der Waals surface area contributed by atoms with E-state index < -0.39 is 24.2 Å². The molecule has 0 amide bonds. The van der Waals surface area contributed by atoms with Crippen molar-refractivity contribution < 1.29 is 22.3 Å². The standard InChI is InChI=1S/C27H18ClF4N9O/c28-20-6-8-23(39-15-33-36-37-39)25(26(20)30)17-3-7-22(40(42)14-17)24(11-16-1-4-19(29)5-2-16)38-13-18(12-35-38)21-9-10-34-41(21)27(31)32/h1-10,12-15,24,27H,11H2/t24-/m0/s1. The first kappa shape index (κ1) is 27.1. The van der Waals surface area contributed by atoms with Crippen LogP contribution in [0.5, 0.6) is 0 Å². The van der Waals surface area contributed by atoms with Crippen LogP contribution in [-0.2, 0) is 6.42 Å². The van der Waals surface area contributed by atoms with Gasteiger partial charge in [-0.1, -0.05) is 23.7 Å². The lowest BCUT2D eigenvalue weighted by Gasteiger charge is -2.18. The summed E-state index contributed by atoms with van der Waals surface area (Å²) in [7, 11) is 0. The van der Waals surface area contributed by atoms with Gasteiger partial charge in [-0.2, -0.15) is 28.4 Å². The number of halogens is 5. The summed E-state index contributed by atoms with van der Waals surface area (Å²) >= 11 is 6.06. The van der Waals surface area contributed by atoms with E-state index in [1.165, 1.54) is 76.9 Å². The minimum absolute atomic E-state index is 0.00247. The lowest BCUT2D eigenvalue weighted by atomic mass is 10.00. The molecule has 0 fully saturated rings. The molecule has 6 rings (SSSR count). The topological polar surface area (TPSA) is 106 Å². The van der Waals surface area contributed by atoms with Crippen LogP contribution in [0.25, 0.3) is 28.1 Å². The maximum absolute atomic E-state index is 15.3. The van der Waals surface area contributed by atoms with Gasteiger partial charge >= 0.3 is 6.55 Å². The number of rotatable bonds is 8. The van der Waals surface area contributed by atoms with Crippen molar-refractivity contribution in [2.75, 3.05) is 0 Å². The third-order valence-corrected chi connectivity index (χ3v) is 6.95. The summed E-state index contributed by atoms with van der Waals surface area (Å²) in [5.41, 5.74) is 1.81. The van der Waals surface area contributed by atoms with Crippen LogP contribution in [0, 0.1) is 16.8 Å². The Morgan fingerprint density at radius 1 is 0.952 bits per heavy atom. The van der Waals surface area contributed by atoms with Crippen LogP contribution in [0.4, 0.5) is 17.6 Å². The van der Waals surface area contributed by atoms with Crippen LogP contribution in [0.15, 0.2) is 85.7 Å². The maximum Gasteiger partial charge on any atom is 0.333 e. The molecule has 42 heavy (non-hydrogen) atoms. The van der Waals surface area contributed by atoms with Crippen LogP contribution >= 0.6 is 11.6 Å². The Bertz CT molecular complexity index is 1860. The van der Waals surface area contributed by atoms with Crippen molar-refractivity contribution in [3.63, 3.8) is 0 Å². The van der Waals surface area contributed by atoms with Crippen LogP contribution in [0.1, 0.15) is 23.8 Å². The average Bonchev–Trinajstić information content (AvgIpc) is 3.76. The zero-order valence-corrected chi connectivity index (χ0v) is 22.0. The second-order valence-corrected chi connectivity index (χ2v) is 9.58. The number of aromatic nitrogens is 9. The van der Waals surface area contributed by atoms with Gasteiger partial charge in [0.2, 0.25) is 5.69 Å². The molecule has 2 aromatic carbocycles. The second-order valence-electron chi connectivity index (χ2n) is 9.17.